The zero-order valence-corrected chi connectivity index (χ0v) is 19.7. The number of carbonyl (C=O) groups is 2. The first-order valence-electron chi connectivity index (χ1n) is 12.4. The summed E-state index contributed by atoms with van der Waals surface area (Å²) < 4.78 is 0. The second-order valence-electron chi connectivity index (χ2n) is 9.58. The van der Waals surface area contributed by atoms with E-state index < -0.39 is 0 Å². The van der Waals surface area contributed by atoms with Crippen LogP contribution < -0.4 is 0 Å². The van der Waals surface area contributed by atoms with E-state index in [1.807, 2.05) is 9.80 Å². The molecular formula is C25H39N5O2. The lowest BCUT2D eigenvalue weighted by atomic mass is 10.1. The minimum Gasteiger partial charge on any atom is -0.342 e. The van der Waals surface area contributed by atoms with E-state index in [9.17, 15) is 9.59 Å². The molecule has 0 bridgehead atoms. The van der Waals surface area contributed by atoms with Gasteiger partial charge < -0.3 is 9.80 Å². The van der Waals surface area contributed by atoms with Crippen LogP contribution in [0, 0.1) is 6.92 Å². The van der Waals surface area contributed by atoms with E-state index in [4.69, 9.17) is 0 Å². The van der Waals surface area contributed by atoms with Gasteiger partial charge in [0.2, 0.25) is 11.8 Å². The third-order valence-corrected chi connectivity index (χ3v) is 7.27. The van der Waals surface area contributed by atoms with Crippen molar-refractivity contribution in [3.8, 4) is 0 Å². The maximum absolute atomic E-state index is 12.8. The summed E-state index contributed by atoms with van der Waals surface area (Å²) in [6, 6.07) is 8.55. The number of carbonyl (C=O) groups excluding carboxylic acids is 2. The highest BCUT2D eigenvalue weighted by molar-refractivity contribution is 5.79. The van der Waals surface area contributed by atoms with Crippen LogP contribution in [0.2, 0.25) is 0 Å². The molecule has 3 aliphatic heterocycles. The molecule has 0 aromatic heterocycles. The van der Waals surface area contributed by atoms with Crippen LogP contribution in [0.15, 0.2) is 24.3 Å². The number of nitrogens with zero attached hydrogens (tertiary/aromatic N) is 5. The smallest absolute Gasteiger partial charge is 0.236 e. The van der Waals surface area contributed by atoms with Gasteiger partial charge in [-0.2, -0.15) is 0 Å². The summed E-state index contributed by atoms with van der Waals surface area (Å²) in [4.78, 5) is 36.4. The van der Waals surface area contributed by atoms with E-state index in [0.29, 0.717) is 13.1 Å². The molecular weight excluding hydrogens is 402 g/mol. The average molecular weight is 442 g/mol. The van der Waals surface area contributed by atoms with Crippen LogP contribution in [0.4, 0.5) is 0 Å². The van der Waals surface area contributed by atoms with Gasteiger partial charge in [-0.3, -0.25) is 24.3 Å². The maximum Gasteiger partial charge on any atom is 0.236 e. The Hall–Kier alpha value is -1.96. The number of rotatable bonds is 6. The molecule has 3 fully saturated rings. The van der Waals surface area contributed by atoms with Crippen molar-refractivity contribution in [1.29, 1.82) is 0 Å². The molecule has 0 N–H and O–H groups in total. The van der Waals surface area contributed by atoms with Gasteiger partial charge in [-0.1, -0.05) is 24.3 Å². The van der Waals surface area contributed by atoms with Crippen molar-refractivity contribution in [2.24, 2.45) is 0 Å². The third kappa shape index (κ3) is 6.30. The molecule has 2 amide bonds. The van der Waals surface area contributed by atoms with E-state index >= 15 is 0 Å². The van der Waals surface area contributed by atoms with Gasteiger partial charge in [0, 0.05) is 72.0 Å². The molecule has 3 saturated heterocycles. The first kappa shape index (κ1) is 23.2. The second kappa shape index (κ2) is 11.3. The normalized spacial score (nSPS) is 21.7. The summed E-state index contributed by atoms with van der Waals surface area (Å²) >= 11 is 0. The van der Waals surface area contributed by atoms with Crippen LogP contribution in [0.1, 0.15) is 30.4 Å². The molecule has 7 nitrogen and oxygen atoms in total. The Morgan fingerprint density at radius 1 is 0.656 bits per heavy atom. The zero-order valence-electron chi connectivity index (χ0n) is 19.7. The predicted octanol–water partition coefficient (Wildman–Crippen LogP) is 1.27. The van der Waals surface area contributed by atoms with Crippen molar-refractivity contribution in [3.05, 3.63) is 35.4 Å². The minimum atomic E-state index is 0.249. The van der Waals surface area contributed by atoms with E-state index in [0.717, 1.165) is 84.8 Å². The van der Waals surface area contributed by atoms with E-state index in [1.54, 1.807) is 0 Å². The zero-order chi connectivity index (χ0) is 22.3. The number of piperazine rings is 2. The van der Waals surface area contributed by atoms with Gasteiger partial charge in [0.25, 0.3) is 0 Å². The highest BCUT2D eigenvalue weighted by Gasteiger charge is 2.26. The van der Waals surface area contributed by atoms with Gasteiger partial charge in [0.05, 0.1) is 13.1 Å². The molecule has 3 heterocycles. The molecule has 0 spiro atoms. The second-order valence-corrected chi connectivity index (χ2v) is 9.58. The molecule has 7 heteroatoms. The lowest BCUT2D eigenvalue weighted by Gasteiger charge is -2.38. The summed E-state index contributed by atoms with van der Waals surface area (Å²) in [5, 5.41) is 0. The largest absolute Gasteiger partial charge is 0.342 e. The fraction of sp³-hybridized carbons (Fsp3) is 0.680. The number of hydrogen-bond donors (Lipinski definition) is 0. The van der Waals surface area contributed by atoms with Gasteiger partial charge >= 0.3 is 0 Å². The number of hydrogen-bond acceptors (Lipinski definition) is 5. The Balaban J connectivity index is 1.14. The van der Waals surface area contributed by atoms with Crippen LogP contribution in [-0.4, -0.2) is 115 Å². The van der Waals surface area contributed by atoms with Crippen molar-refractivity contribution in [2.75, 3.05) is 78.5 Å². The van der Waals surface area contributed by atoms with E-state index in [2.05, 4.69) is 45.9 Å². The summed E-state index contributed by atoms with van der Waals surface area (Å²) in [7, 11) is 0. The summed E-state index contributed by atoms with van der Waals surface area (Å²) in [5.41, 5.74) is 2.71. The maximum atomic E-state index is 12.8. The molecule has 0 saturated carbocycles. The van der Waals surface area contributed by atoms with Crippen LogP contribution in [0.25, 0.3) is 0 Å². The highest BCUT2D eigenvalue weighted by atomic mass is 16.2. The van der Waals surface area contributed by atoms with Crippen LogP contribution in [0.5, 0.6) is 0 Å². The van der Waals surface area contributed by atoms with E-state index in [1.165, 1.54) is 17.5 Å². The van der Waals surface area contributed by atoms with Crippen LogP contribution in [0.3, 0.4) is 0 Å². The number of amides is 2. The van der Waals surface area contributed by atoms with Crippen molar-refractivity contribution >= 4 is 11.8 Å². The molecule has 4 rings (SSSR count). The first-order chi connectivity index (χ1) is 15.6. The first-order valence-corrected chi connectivity index (χ1v) is 12.4. The monoisotopic (exact) mass is 441 g/mol. The van der Waals surface area contributed by atoms with Gasteiger partial charge in [-0.15, -0.1) is 0 Å². The number of likely N-dealkylation sites (tertiary alicyclic amines) is 1. The fourth-order valence-electron chi connectivity index (χ4n) is 5.02. The van der Waals surface area contributed by atoms with E-state index in [-0.39, 0.29) is 11.8 Å². The number of piperidine rings is 1. The Morgan fingerprint density at radius 2 is 1.16 bits per heavy atom. The molecule has 0 aliphatic carbocycles. The van der Waals surface area contributed by atoms with Gasteiger partial charge in [0.15, 0.2) is 0 Å². The standard InChI is InChI=1S/C25H39N5O2/c1-22-7-3-4-8-23(22)19-26-15-17-30(18-16-26)25(32)21-28-13-11-27(12-14-28)20-24(31)29-9-5-2-6-10-29/h3-4,7-8H,2,5-6,9-21H2,1H3. The van der Waals surface area contributed by atoms with Crippen molar-refractivity contribution in [2.45, 2.75) is 32.7 Å². The fourth-order valence-corrected chi connectivity index (χ4v) is 5.02. The quantitative estimate of drug-likeness (QED) is 0.666. The molecule has 0 radical (unpaired) electrons. The minimum absolute atomic E-state index is 0.249. The Bertz CT molecular complexity index is 763. The predicted molar refractivity (Wildman–Crippen MR) is 126 cm³/mol. The van der Waals surface area contributed by atoms with Crippen molar-refractivity contribution in [3.63, 3.8) is 0 Å². The summed E-state index contributed by atoms with van der Waals surface area (Å²) in [5.74, 6) is 0.524. The number of aryl methyl sites for hydroxylation is 1. The molecule has 1 aromatic carbocycles. The molecule has 176 valence electrons. The third-order valence-electron chi connectivity index (χ3n) is 7.27. The van der Waals surface area contributed by atoms with Gasteiger partial charge in [0.1, 0.15) is 0 Å². The highest BCUT2D eigenvalue weighted by Crippen LogP contribution is 2.13. The van der Waals surface area contributed by atoms with Crippen molar-refractivity contribution in [1.82, 2.24) is 24.5 Å². The lowest BCUT2D eigenvalue weighted by molar-refractivity contribution is -0.136. The lowest BCUT2D eigenvalue weighted by Crippen LogP contribution is -2.54. The van der Waals surface area contributed by atoms with Crippen LogP contribution in [-0.2, 0) is 16.1 Å². The van der Waals surface area contributed by atoms with Crippen LogP contribution >= 0.6 is 0 Å². The van der Waals surface area contributed by atoms with Crippen molar-refractivity contribution < 1.29 is 9.59 Å². The topological polar surface area (TPSA) is 50.3 Å². The van der Waals surface area contributed by atoms with Gasteiger partial charge in [-0.25, -0.2) is 0 Å². The molecule has 0 atom stereocenters. The summed E-state index contributed by atoms with van der Waals surface area (Å²) in [6.45, 7) is 13.0. The number of benzene rings is 1. The molecule has 3 aliphatic rings. The average Bonchev–Trinajstić information content (AvgIpc) is 2.83. The molecule has 1 aromatic rings. The Morgan fingerprint density at radius 3 is 1.72 bits per heavy atom. The SMILES string of the molecule is Cc1ccccc1CN1CCN(C(=O)CN2CCN(CC(=O)N3CCCCC3)CC2)CC1. The molecule has 0 unspecified atom stereocenters. The Labute approximate surface area is 192 Å². The summed E-state index contributed by atoms with van der Waals surface area (Å²) in [6.07, 6.45) is 3.53. The van der Waals surface area contributed by atoms with Gasteiger partial charge in [-0.05, 0) is 37.3 Å². The Kier molecular flexibility index (Phi) is 8.16. The molecule has 32 heavy (non-hydrogen) atoms.